The molecule has 1 aromatic carbocycles. The maximum atomic E-state index is 12.8. The molecule has 1 saturated carbocycles. The number of carbonyl (C=O) groups excluding carboxylic acids is 1. The van der Waals surface area contributed by atoms with Crippen LogP contribution in [0.15, 0.2) is 24.3 Å². The molecule has 1 amide bonds. The van der Waals surface area contributed by atoms with Crippen LogP contribution < -0.4 is 0 Å². The first kappa shape index (κ1) is 14.1. The molecule has 5 nitrogen and oxygen atoms in total. The van der Waals surface area contributed by atoms with Crippen LogP contribution in [0.2, 0.25) is 0 Å². The number of amides is 1. The van der Waals surface area contributed by atoms with E-state index in [-0.39, 0.29) is 29.2 Å². The van der Waals surface area contributed by atoms with E-state index in [0.717, 1.165) is 25.7 Å². The molecule has 112 valence electrons. The molecule has 1 aliphatic heterocycles. The van der Waals surface area contributed by atoms with Gasteiger partial charge in [-0.3, -0.25) is 4.79 Å². The minimum absolute atomic E-state index is 0.0707. The average molecular weight is 289 g/mol. The molecule has 2 aliphatic rings. The Labute approximate surface area is 123 Å². The number of ether oxygens (including phenoxy) is 1. The van der Waals surface area contributed by atoms with Gasteiger partial charge in [-0.25, -0.2) is 4.79 Å². The highest BCUT2D eigenvalue weighted by molar-refractivity contribution is 6.04. The maximum absolute atomic E-state index is 12.8. The molecule has 1 heterocycles. The van der Waals surface area contributed by atoms with Crippen molar-refractivity contribution >= 4 is 11.9 Å². The Balaban J connectivity index is 1.89. The monoisotopic (exact) mass is 289 g/mol. The summed E-state index contributed by atoms with van der Waals surface area (Å²) in [4.78, 5) is 25.9. The number of benzene rings is 1. The second kappa shape index (κ2) is 5.85. The van der Waals surface area contributed by atoms with E-state index in [2.05, 4.69) is 0 Å². The van der Waals surface area contributed by atoms with Gasteiger partial charge in [0, 0.05) is 6.54 Å². The number of carboxylic acid groups (broad SMARTS) is 1. The van der Waals surface area contributed by atoms with Crippen LogP contribution in [-0.2, 0) is 4.74 Å². The molecule has 1 N–H and O–H groups in total. The van der Waals surface area contributed by atoms with E-state index in [1.807, 2.05) is 4.90 Å². The molecule has 2 fully saturated rings. The van der Waals surface area contributed by atoms with Gasteiger partial charge in [0.05, 0.1) is 29.9 Å². The van der Waals surface area contributed by atoms with Gasteiger partial charge in [0.15, 0.2) is 0 Å². The lowest BCUT2D eigenvalue weighted by molar-refractivity contribution is -0.0753. The summed E-state index contributed by atoms with van der Waals surface area (Å²) in [5.41, 5.74) is 0.345. The number of hydrogen-bond acceptors (Lipinski definition) is 3. The van der Waals surface area contributed by atoms with Crippen LogP contribution in [0.3, 0.4) is 0 Å². The van der Waals surface area contributed by atoms with Crippen molar-refractivity contribution in [2.45, 2.75) is 37.8 Å². The molecule has 1 aliphatic carbocycles. The Bertz CT molecular complexity index is 555. The van der Waals surface area contributed by atoms with Crippen molar-refractivity contribution in [1.29, 1.82) is 0 Å². The Hall–Kier alpha value is -1.88. The molecule has 2 unspecified atom stereocenters. The van der Waals surface area contributed by atoms with Crippen molar-refractivity contribution in [2.75, 3.05) is 13.2 Å². The van der Waals surface area contributed by atoms with Gasteiger partial charge >= 0.3 is 5.97 Å². The molecule has 21 heavy (non-hydrogen) atoms. The zero-order valence-electron chi connectivity index (χ0n) is 11.8. The number of hydrogen-bond donors (Lipinski definition) is 1. The molecule has 1 aromatic rings. The molecule has 5 heteroatoms. The van der Waals surface area contributed by atoms with E-state index in [1.54, 1.807) is 18.2 Å². The number of fused-ring (bicyclic) bond motifs is 1. The molecule has 2 atom stereocenters. The summed E-state index contributed by atoms with van der Waals surface area (Å²) in [6, 6.07) is 6.51. The molecular formula is C16H19NO4. The number of carbonyl (C=O) groups is 2. The number of carboxylic acids is 1. The van der Waals surface area contributed by atoms with Gasteiger partial charge in [0.2, 0.25) is 0 Å². The highest BCUT2D eigenvalue weighted by atomic mass is 16.5. The summed E-state index contributed by atoms with van der Waals surface area (Å²) >= 11 is 0. The minimum atomic E-state index is -1.06. The molecule has 0 aromatic heterocycles. The van der Waals surface area contributed by atoms with E-state index >= 15 is 0 Å². The van der Waals surface area contributed by atoms with Gasteiger partial charge < -0.3 is 14.7 Å². The highest BCUT2D eigenvalue weighted by Crippen LogP contribution is 2.29. The zero-order chi connectivity index (χ0) is 14.8. The second-order valence-electron chi connectivity index (χ2n) is 5.61. The van der Waals surface area contributed by atoms with Crippen LogP contribution in [0, 0.1) is 0 Å². The van der Waals surface area contributed by atoms with Gasteiger partial charge in [-0.15, -0.1) is 0 Å². The van der Waals surface area contributed by atoms with Crippen molar-refractivity contribution in [2.24, 2.45) is 0 Å². The van der Waals surface area contributed by atoms with Crippen molar-refractivity contribution in [3.63, 3.8) is 0 Å². The van der Waals surface area contributed by atoms with Crippen LogP contribution in [0.5, 0.6) is 0 Å². The number of rotatable bonds is 2. The number of aromatic carboxylic acids is 1. The van der Waals surface area contributed by atoms with E-state index < -0.39 is 5.97 Å². The van der Waals surface area contributed by atoms with Gasteiger partial charge in [-0.2, -0.15) is 0 Å². The first-order valence-corrected chi connectivity index (χ1v) is 7.43. The molecular weight excluding hydrogens is 270 g/mol. The smallest absolute Gasteiger partial charge is 0.336 e. The molecule has 0 radical (unpaired) electrons. The Kier molecular flexibility index (Phi) is 3.92. The third-order valence-electron chi connectivity index (χ3n) is 4.38. The van der Waals surface area contributed by atoms with Gasteiger partial charge in [0.1, 0.15) is 0 Å². The Morgan fingerprint density at radius 1 is 1.14 bits per heavy atom. The lowest BCUT2D eigenvalue weighted by atomic mass is 9.89. The molecule has 0 bridgehead atoms. The van der Waals surface area contributed by atoms with Crippen LogP contribution in [0.4, 0.5) is 0 Å². The van der Waals surface area contributed by atoms with Crippen LogP contribution in [-0.4, -0.2) is 47.2 Å². The van der Waals surface area contributed by atoms with Crippen molar-refractivity contribution in [1.82, 2.24) is 4.90 Å². The second-order valence-corrected chi connectivity index (χ2v) is 5.61. The Morgan fingerprint density at radius 2 is 1.86 bits per heavy atom. The summed E-state index contributed by atoms with van der Waals surface area (Å²) < 4.78 is 5.77. The van der Waals surface area contributed by atoms with E-state index in [0.29, 0.717) is 13.2 Å². The zero-order valence-corrected chi connectivity index (χ0v) is 11.8. The minimum Gasteiger partial charge on any atom is -0.478 e. The van der Waals surface area contributed by atoms with Crippen LogP contribution in [0.25, 0.3) is 0 Å². The van der Waals surface area contributed by atoms with E-state index in [1.165, 1.54) is 6.07 Å². The predicted octanol–water partition coefficient (Wildman–Crippen LogP) is 2.17. The van der Waals surface area contributed by atoms with E-state index in [9.17, 15) is 14.7 Å². The normalized spacial score (nSPS) is 25.2. The van der Waals surface area contributed by atoms with Crippen LogP contribution >= 0.6 is 0 Å². The third kappa shape index (κ3) is 2.65. The van der Waals surface area contributed by atoms with Gasteiger partial charge in [-0.05, 0) is 25.0 Å². The van der Waals surface area contributed by atoms with Gasteiger partial charge in [-0.1, -0.05) is 25.0 Å². The topological polar surface area (TPSA) is 66.8 Å². The first-order valence-electron chi connectivity index (χ1n) is 7.43. The van der Waals surface area contributed by atoms with Crippen LogP contribution in [0.1, 0.15) is 46.4 Å². The summed E-state index contributed by atoms with van der Waals surface area (Å²) in [5, 5.41) is 9.25. The lowest BCUT2D eigenvalue weighted by Crippen LogP contribution is -2.55. The predicted molar refractivity (Wildman–Crippen MR) is 76.4 cm³/mol. The SMILES string of the molecule is O=C(O)c1ccccc1C(=O)N1CCOC2CCCCC21. The largest absolute Gasteiger partial charge is 0.478 e. The highest BCUT2D eigenvalue weighted by Gasteiger charge is 2.37. The summed E-state index contributed by atoms with van der Waals surface area (Å²) in [5.74, 6) is -1.25. The molecule has 1 saturated heterocycles. The summed E-state index contributed by atoms with van der Waals surface area (Å²) in [7, 11) is 0. The number of nitrogens with zero attached hydrogens (tertiary/aromatic N) is 1. The van der Waals surface area contributed by atoms with E-state index in [4.69, 9.17) is 4.74 Å². The van der Waals surface area contributed by atoms with Gasteiger partial charge in [0.25, 0.3) is 5.91 Å². The fraction of sp³-hybridized carbons (Fsp3) is 0.500. The average Bonchev–Trinajstić information content (AvgIpc) is 2.53. The first-order chi connectivity index (χ1) is 10.2. The Morgan fingerprint density at radius 3 is 2.62 bits per heavy atom. The molecule has 3 rings (SSSR count). The van der Waals surface area contributed by atoms with Crippen molar-refractivity contribution in [3.05, 3.63) is 35.4 Å². The quantitative estimate of drug-likeness (QED) is 0.906. The standard InChI is InChI=1S/C16H19NO4/c18-15(11-5-1-2-6-12(11)16(19)20)17-9-10-21-14-8-4-3-7-13(14)17/h1-2,5-6,13-14H,3-4,7-10H2,(H,19,20). The fourth-order valence-corrected chi connectivity index (χ4v) is 3.36. The summed E-state index contributed by atoms with van der Waals surface area (Å²) in [6.07, 6.45) is 4.25. The van der Waals surface area contributed by atoms with Crippen molar-refractivity contribution in [3.8, 4) is 0 Å². The fourth-order valence-electron chi connectivity index (χ4n) is 3.36. The lowest BCUT2D eigenvalue weighted by Gasteiger charge is -2.43. The maximum Gasteiger partial charge on any atom is 0.336 e. The number of morpholine rings is 1. The summed E-state index contributed by atoms with van der Waals surface area (Å²) in [6.45, 7) is 1.07. The van der Waals surface area contributed by atoms with Crippen molar-refractivity contribution < 1.29 is 19.4 Å². The molecule has 0 spiro atoms. The third-order valence-corrected chi connectivity index (χ3v) is 4.38.